The van der Waals surface area contributed by atoms with E-state index in [-0.39, 0.29) is 0 Å². The number of hydrogen-bond donors (Lipinski definition) is 1. The molecule has 4 nitrogen and oxygen atoms in total. The van der Waals surface area contributed by atoms with E-state index >= 15 is 0 Å². The summed E-state index contributed by atoms with van der Waals surface area (Å²) in [5.41, 5.74) is 2.22. The molecule has 0 aromatic carbocycles. The average Bonchev–Trinajstić information content (AvgIpc) is 2.38. The second kappa shape index (κ2) is 7.04. The lowest BCUT2D eigenvalue weighted by atomic mass is 10.3. The van der Waals surface area contributed by atoms with Crippen molar-refractivity contribution in [3.8, 4) is 0 Å². The molecule has 0 spiro atoms. The lowest BCUT2D eigenvalue weighted by Crippen LogP contribution is -2.03. The minimum absolute atomic E-state index is 0.828. The Hall–Kier alpha value is -1.14. The van der Waals surface area contributed by atoms with Gasteiger partial charge in [0.25, 0.3) is 0 Å². The first-order valence-corrected chi connectivity index (χ1v) is 8.08. The highest BCUT2D eigenvalue weighted by atomic mass is 79.9. The quantitative estimate of drug-likeness (QED) is 0.816. The van der Waals surface area contributed by atoms with Crippen molar-refractivity contribution in [1.82, 2.24) is 15.0 Å². The van der Waals surface area contributed by atoms with Crippen LogP contribution in [0.4, 0.5) is 5.82 Å². The lowest BCUT2D eigenvalue weighted by Gasteiger charge is -2.09. The molecule has 0 radical (unpaired) electrons. The molecule has 0 atom stereocenters. The third-order valence-corrected chi connectivity index (χ3v) is 4.51. The molecule has 0 bridgehead atoms. The molecule has 0 aliphatic carbocycles. The summed E-state index contributed by atoms with van der Waals surface area (Å²) in [5.74, 6) is 0.828. The van der Waals surface area contributed by atoms with Gasteiger partial charge in [-0.3, -0.25) is 0 Å². The second-order valence-electron chi connectivity index (χ2n) is 4.49. The second-order valence-corrected chi connectivity index (χ2v) is 6.30. The van der Waals surface area contributed by atoms with Crippen molar-refractivity contribution in [3.63, 3.8) is 0 Å². The van der Waals surface area contributed by atoms with Gasteiger partial charge in [0.1, 0.15) is 22.2 Å². The number of anilines is 1. The molecule has 0 aliphatic rings. The highest BCUT2D eigenvalue weighted by Crippen LogP contribution is 2.34. The molecule has 0 aliphatic heterocycles. The third-order valence-electron chi connectivity index (χ3n) is 2.58. The van der Waals surface area contributed by atoms with Gasteiger partial charge in [-0.15, -0.1) is 0 Å². The van der Waals surface area contributed by atoms with Gasteiger partial charge >= 0.3 is 0 Å². The van der Waals surface area contributed by atoms with Gasteiger partial charge < -0.3 is 5.32 Å². The largest absolute Gasteiger partial charge is 0.369 e. The van der Waals surface area contributed by atoms with Gasteiger partial charge in [-0.1, -0.05) is 6.92 Å². The van der Waals surface area contributed by atoms with E-state index in [2.05, 4.69) is 62.2 Å². The summed E-state index contributed by atoms with van der Waals surface area (Å²) in [5, 5.41) is 5.10. The Morgan fingerprint density at radius 2 is 2.05 bits per heavy atom. The maximum Gasteiger partial charge on any atom is 0.144 e. The number of rotatable bonds is 5. The van der Waals surface area contributed by atoms with Crippen LogP contribution in [0.3, 0.4) is 0 Å². The van der Waals surface area contributed by atoms with Crippen LogP contribution in [0.25, 0.3) is 0 Å². The summed E-state index contributed by atoms with van der Waals surface area (Å²) in [6.45, 7) is 7.08. The first kappa shape index (κ1) is 15.3. The van der Waals surface area contributed by atoms with Crippen LogP contribution in [-0.4, -0.2) is 21.5 Å². The van der Waals surface area contributed by atoms with E-state index in [0.29, 0.717) is 0 Å². The Labute approximate surface area is 132 Å². The monoisotopic (exact) mass is 352 g/mol. The smallest absolute Gasteiger partial charge is 0.144 e. The summed E-state index contributed by atoms with van der Waals surface area (Å²) >= 11 is 5.11. The van der Waals surface area contributed by atoms with E-state index < -0.39 is 0 Å². The predicted octanol–water partition coefficient (Wildman–Crippen LogP) is 4.22. The molecule has 0 fully saturated rings. The summed E-state index contributed by atoms with van der Waals surface area (Å²) < 4.78 is 0.888. The Morgan fingerprint density at radius 3 is 2.75 bits per heavy atom. The van der Waals surface area contributed by atoms with Gasteiger partial charge in [-0.05, 0) is 65.7 Å². The number of hydrogen-bond acceptors (Lipinski definition) is 5. The van der Waals surface area contributed by atoms with E-state index in [1.54, 1.807) is 18.1 Å². The number of aromatic nitrogens is 3. The molecule has 2 aromatic heterocycles. The first-order chi connectivity index (χ1) is 9.60. The molecule has 0 saturated heterocycles. The fraction of sp³-hybridized carbons (Fsp3) is 0.357. The Morgan fingerprint density at radius 1 is 1.25 bits per heavy atom. The first-order valence-electron chi connectivity index (χ1n) is 6.47. The number of aryl methyl sites for hydroxylation is 2. The van der Waals surface area contributed by atoms with Gasteiger partial charge in [-0.2, -0.15) is 0 Å². The van der Waals surface area contributed by atoms with Crippen molar-refractivity contribution in [1.29, 1.82) is 0 Å². The third kappa shape index (κ3) is 3.93. The normalized spacial score (nSPS) is 10.6. The van der Waals surface area contributed by atoms with Crippen LogP contribution in [0.1, 0.15) is 24.6 Å². The highest BCUT2D eigenvalue weighted by molar-refractivity contribution is 9.10. The van der Waals surface area contributed by atoms with Gasteiger partial charge in [0.2, 0.25) is 0 Å². The summed E-state index contributed by atoms with van der Waals surface area (Å²) in [7, 11) is 0. The van der Waals surface area contributed by atoms with Crippen LogP contribution in [0, 0.1) is 13.8 Å². The molecule has 0 amide bonds. The van der Waals surface area contributed by atoms with E-state index in [4.69, 9.17) is 0 Å². The van der Waals surface area contributed by atoms with Crippen LogP contribution in [0.2, 0.25) is 0 Å². The molecular formula is C14H17BrN4S. The molecular weight excluding hydrogens is 336 g/mol. The molecule has 2 rings (SSSR count). The minimum atomic E-state index is 0.828. The molecule has 0 unspecified atom stereocenters. The van der Waals surface area contributed by atoms with Gasteiger partial charge in [-0.25, -0.2) is 15.0 Å². The number of halogens is 1. The fourth-order valence-corrected chi connectivity index (χ4v) is 3.25. The van der Waals surface area contributed by atoms with Crippen LogP contribution in [0.15, 0.2) is 33.0 Å². The van der Waals surface area contributed by atoms with Gasteiger partial charge in [0, 0.05) is 12.2 Å². The molecule has 1 N–H and O–H groups in total. The Balaban J connectivity index is 2.24. The zero-order valence-corrected chi connectivity index (χ0v) is 14.2. The average molecular weight is 353 g/mol. The molecule has 2 aromatic rings. The van der Waals surface area contributed by atoms with Crippen molar-refractivity contribution < 1.29 is 0 Å². The Bertz CT molecular complexity index is 583. The zero-order chi connectivity index (χ0) is 14.5. The molecule has 20 heavy (non-hydrogen) atoms. The number of nitrogens with one attached hydrogen (secondary N) is 1. The highest BCUT2D eigenvalue weighted by Gasteiger charge is 2.11. The number of nitrogens with zero attached hydrogens (tertiary/aromatic N) is 3. The maximum atomic E-state index is 4.52. The maximum absolute atomic E-state index is 4.52. The molecule has 2 heterocycles. The SMILES string of the molecule is CCCNc1ncnc(Sc2cc(C)cc(C)n2)c1Br. The van der Waals surface area contributed by atoms with Crippen LogP contribution < -0.4 is 5.32 Å². The topological polar surface area (TPSA) is 50.7 Å². The number of pyridine rings is 1. The summed E-state index contributed by atoms with van der Waals surface area (Å²) in [4.78, 5) is 13.1. The predicted molar refractivity (Wildman–Crippen MR) is 86.3 cm³/mol. The molecule has 6 heteroatoms. The van der Waals surface area contributed by atoms with Crippen LogP contribution >= 0.6 is 27.7 Å². The van der Waals surface area contributed by atoms with Crippen LogP contribution in [-0.2, 0) is 0 Å². The van der Waals surface area contributed by atoms with Crippen molar-refractivity contribution in [2.45, 2.75) is 37.2 Å². The standard InChI is InChI=1S/C14H17BrN4S/c1-4-5-16-13-12(15)14(18-8-17-13)20-11-7-9(2)6-10(3)19-11/h6-8H,4-5H2,1-3H3,(H,16,17,18). The fourth-order valence-electron chi connectivity index (χ4n) is 1.75. The summed E-state index contributed by atoms with van der Waals surface area (Å²) in [6, 6.07) is 4.12. The van der Waals surface area contributed by atoms with Crippen molar-refractivity contribution in [2.75, 3.05) is 11.9 Å². The van der Waals surface area contributed by atoms with Crippen molar-refractivity contribution >= 4 is 33.5 Å². The Kier molecular flexibility index (Phi) is 5.37. The molecule has 106 valence electrons. The minimum Gasteiger partial charge on any atom is -0.369 e. The van der Waals surface area contributed by atoms with Gasteiger partial charge in [0.15, 0.2) is 0 Å². The van der Waals surface area contributed by atoms with E-state index in [0.717, 1.165) is 39.0 Å². The zero-order valence-electron chi connectivity index (χ0n) is 11.8. The van der Waals surface area contributed by atoms with E-state index in [1.807, 2.05) is 6.92 Å². The lowest BCUT2D eigenvalue weighted by molar-refractivity contribution is 0.944. The van der Waals surface area contributed by atoms with Crippen LogP contribution in [0.5, 0.6) is 0 Å². The van der Waals surface area contributed by atoms with E-state index in [9.17, 15) is 0 Å². The van der Waals surface area contributed by atoms with Gasteiger partial charge in [0.05, 0.1) is 4.47 Å². The molecule has 0 saturated carbocycles. The summed E-state index contributed by atoms with van der Waals surface area (Å²) in [6.07, 6.45) is 2.63. The van der Waals surface area contributed by atoms with Crippen molar-refractivity contribution in [3.05, 3.63) is 34.2 Å². The van der Waals surface area contributed by atoms with E-state index in [1.165, 1.54) is 5.56 Å². The van der Waals surface area contributed by atoms with Crippen molar-refractivity contribution in [2.24, 2.45) is 0 Å².